The molecule has 0 saturated carbocycles. The lowest BCUT2D eigenvalue weighted by Crippen LogP contribution is -2.35. The molecule has 1 aromatic carbocycles. The van der Waals surface area contributed by atoms with E-state index in [1.165, 1.54) is 6.07 Å². The summed E-state index contributed by atoms with van der Waals surface area (Å²) in [6, 6.07) is 4.19. The zero-order valence-electron chi connectivity index (χ0n) is 12.3. The molecule has 0 heterocycles. The molecule has 0 aliphatic carbocycles. The lowest BCUT2D eigenvalue weighted by Gasteiger charge is -2.14. The van der Waals surface area contributed by atoms with Crippen molar-refractivity contribution in [3.8, 4) is 5.75 Å². The van der Waals surface area contributed by atoms with Crippen LogP contribution in [0.15, 0.2) is 18.2 Å². The van der Waals surface area contributed by atoms with Gasteiger partial charge in [0.1, 0.15) is 11.6 Å². The average molecular weight is 282 g/mol. The van der Waals surface area contributed by atoms with E-state index in [1.54, 1.807) is 19.1 Å². The molecular weight excluding hydrogens is 259 g/mol. The van der Waals surface area contributed by atoms with Gasteiger partial charge in [-0.05, 0) is 26.3 Å². The molecular formula is C15H23FN2O2. The number of nitrogens with two attached hydrogens (primary N) is 1. The molecule has 1 amide bonds. The maximum Gasteiger partial charge on any atom is 0.258 e. The molecule has 0 aromatic heterocycles. The van der Waals surface area contributed by atoms with Gasteiger partial charge >= 0.3 is 0 Å². The van der Waals surface area contributed by atoms with E-state index >= 15 is 0 Å². The Morgan fingerprint density at radius 1 is 1.45 bits per heavy atom. The van der Waals surface area contributed by atoms with Crippen molar-refractivity contribution in [2.75, 3.05) is 6.61 Å². The zero-order valence-corrected chi connectivity index (χ0v) is 12.3. The highest BCUT2D eigenvalue weighted by atomic mass is 19.1. The van der Waals surface area contributed by atoms with Gasteiger partial charge in [-0.15, -0.1) is 0 Å². The van der Waals surface area contributed by atoms with E-state index in [4.69, 9.17) is 10.5 Å². The van der Waals surface area contributed by atoms with Crippen molar-refractivity contribution in [2.24, 2.45) is 5.73 Å². The van der Waals surface area contributed by atoms with Gasteiger partial charge in [-0.2, -0.15) is 0 Å². The highest BCUT2D eigenvalue weighted by Crippen LogP contribution is 2.20. The summed E-state index contributed by atoms with van der Waals surface area (Å²) in [5, 5.41) is 2.82. The number of carbonyl (C=O) groups is 1. The van der Waals surface area contributed by atoms with Gasteiger partial charge in [0.25, 0.3) is 5.91 Å². The number of hydrogen-bond donors (Lipinski definition) is 2. The number of amides is 1. The van der Waals surface area contributed by atoms with Crippen LogP contribution in [0.4, 0.5) is 4.39 Å². The summed E-state index contributed by atoms with van der Waals surface area (Å²) in [7, 11) is 0. The molecule has 112 valence electrons. The van der Waals surface area contributed by atoms with Gasteiger partial charge in [0, 0.05) is 23.7 Å². The molecule has 0 spiro atoms. The Balaban J connectivity index is 2.49. The summed E-state index contributed by atoms with van der Waals surface area (Å²) < 4.78 is 18.9. The Kier molecular flexibility index (Phi) is 6.45. The molecule has 2 atom stereocenters. The van der Waals surface area contributed by atoms with E-state index in [1.807, 2.05) is 6.92 Å². The molecule has 0 saturated heterocycles. The van der Waals surface area contributed by atoms with E-state index in [0.717, 1.165) is 12.8 Å². The van der Waals surface area contributed by atoms with Crippen LogP contribution in [0.2, 0.25) is 0 Å². The molecule has 5 heteroatoms. The van der Waals surface area contributed by atoms with Crippen molar-refractivity contribution in [2.45, 2.75) is 45.7 Å². The maximum atomic E-state index is 13.7. The molecule has 1 aromatic rings. The van der Waals surface area contributed by atoms with Crippen LogP contribution in [0, 0.1) is 5.82 Å². The van der Waals surface area contributed by atoms with Gasteiger partial charge in [-0.25, -0.2) is 4.39 Å². The highest BCUT2D eigenvalue weighted by Gasteiger charge is 2.10. The highest BCUT2D eigenvalue weighted by molar-refractivity contribution is 5.77. The van der Waals surface area contributed by atoms with Crippen molar-refractivity contribution in [3.05, 3.63) is 29.6 Å². The van der Waals surface area contributed by atoms with E-state index in [-0.39, 0.29) is 24.6 Å². The number of hydrogen-bond acceptors (Lipinski definition) is 3. The molecule has 4 nitrogen and oxygen atoms in total. The molecule has 0 aliphatic rings. The predicted molar refractivity (Wildman–Crippen MR) is 77.0 cm³/mol. The standard InChI is InChI=1S/C15H23FN2O2/c1-4-5-10(2)18-15(19)9-20-12-6-7-13(11(3)17)14(16)8-12/h6-8,10-11H,4-5,9,17H2,1-3H3,(H,18,19). The first-order chi connectivity index (χ1) is 9.43. The van der Waals surface area contributed by atoms with Crippen LogP contribution >= 0.6 is 0 Å². The van der Waals surface area contributed by atoms with Crippen molar-refractivity contribution in [1.29, 1.82) is 0 Å². The van der Waals surface area contributed by atoms with Crippen molar-refractivity contribution in [1.82, 2.24) is 5.32 Å². The maximum absolute atomic E-state index is 13.7. The molecule has 0 fully saturated rings. The van der Waals surface area contributed by atoms with Crippen molar-refractivity contribution >= 4 is 5.91 Å². The normalized spacial score (nSPS) is 13.7. The van der Waals surface area contributed by atoms with E-state index in [9.17, 15) is 9.18 Å². The van der Waals surface area contributed by atoms with Crippen LogP contribution in [0.5, 0.6) is 5.75 Å². The second-order valence-corrected chi connectivity index (χ2v) is 5.02. The van der Waals surface area contributed by atoms with Gasteiger partial charge in [-0.3, -0.25) is 4.79 Å². The quantitative estimate of drug-likeness (QED) is 0.807. The number of ether oxygens (including phenoxy) is 1. The number of nitrogens with one attached hydrogen (secondary N) is 1. The third kappa shape index (κ3) is 5.17. The third-order valence-corrected chi connectivity index (χ3v) is 2.96. The summed E-state index contributed by atoms with van der Waals surface area (Å²) in [6.45, 7) is 5.59. The lowest BCUT2D eigenvalue weighted by atomic mass is 10.1. The Labute approximate surface area is 119 Å². The van der Waals surface area contributed by atoms with Gasteiger partial charge in [0.2, 0.25) is 0 Å². The topological polar surface area (TPSA) is 64.3 Å². The minimum Gasteiger partial charge on any atom is -0.484 e. The van der Waals surface area contributed by atoms with Crippen LogP contribution in [0.3, 0.4) is 0 Å². The Morgan fingerprint density at radius 2 is 2.15 bits per heavy atom. The summed E-state index contributed by atoms with van der Waals surface area (Å²) in [4.78, 5) is 11.6. The van der Waals surface area contributed by atoms with E-state index < -0.39 is 5.82 Å². The fourth-order valence-corrected chi connectivity index (χ4v) is 1.94. The van der Waals surface area contributed by atoms with E-state index in [0.29, 0.717) is 11.3 Å². The number of halogens is 1. The van der Waals surface area contributed by atoms with Crippen LogP contribution in [0.1, 0.15) is 45.2 Å². The van der Waals surface area contributed by atoms with Crippen LogP contribution in [-0.4, -0.2) is 18.6 Å². The summed E-state index contributed by atoms with van der Waals surface area (Å²) in [6.07, 6.45) is 1.93. The Morgan fingerprint density at radius 3 is 2.70 bits per heavy atom. The van der Waals surface area contributed by atoms with Gasteiger partial charge < -0.3 is 15.8 Å². The molecule has 3 N–H and O–H groups in total. The first-order valence-corrected chi connectivity index (χ1v) is 6.91. The van der Waals surface area contributed by atoms with Crippen molar-refractivity contribution in [3.63, 3.8) is 0 Å². The second kappa shape index (κ2) is 7.85. The van der Waals surface area contributed by atoms with Gasteiger partial charge in [0.05, 0.1) is 0 Å². The SMILES string of the molecule is CCCC(C)NC(=O)COc1ccc(C(C)N)c(F)c1. The second-order valence-electron chi connectivity index (χ2n) is 5.02. The van der Waals surface area contributed by atoms with Crippen LogP contribution < -0.4 is 15.8 Å². The molecule has 20 heavy (non-hydrogen) atoms. The Hall–Kier alpha value is -1.62. The van der Waals surface area contributed by atoms with Crippen molar-refractivity contribution < 1.29 is 13.9 Å². The van der Waals surface area contributed by atoms with Crippen LogP contribution in [-0.2, 0) is 4.79 Å². The molecule has 1 rings (SSSR count). The lowest BCUT2D eigenvalue weighted by molar-refractivity contribution is -0.123. The first kappa shape index (κ1) is 16.4. The zero-order chi connectivity index (χ0) is 15.1. The molecule has 0 aliphatic heterocycles. The van der Waals surface area contributed by atoms with Gasteiger partial charge in [0.15, 0.2) is 6.61 Å². The fraction of sp³-hybridized carbons (Fsp3) is 0.533. The third-order valence-electron chi connectivity index (χ3n) is 2.96. The number of rotatable bonds is 7. The Bertz CT molecular complexity index is 449. The first-order valence-electron chi connectivity index (χ1n) is 6.91. The molecule has 0 bridgehead atoms. The smallest absolute Gasteiger partial charge is 0.258 e. The predicted octanol–water partition coefficient (Wildman–Crippen LogP) is 2.53. The monoisotopic (exact) mass is 282 g/mol. The summed E-state index contributed by atoms with van der Waals surface area (Å²) >= 11 is 0. The summed E-state index contributed by atoms with van der Waals surface area (Å²) in [5.74, 6) is -0.301. The number of benzene rings is 1. The average Bonchev–Trinajstić information content (AvgIpc) is 2.36. The van der Waals surface area contributed by atoms with E-state index in [2.05, 4.69) is 12.2 Å². The largest absolute Gasteiger partial charge is 0.484 e. The minimum absolute atomic E-state index is 0.119. The van der Waals surface area contributed by atoms with Gasteiger partial charge in [-0.1, -0.05) is 19.4 Å². The summed E-state index contributed by atoms with van der Waals surface area (Å²) in [5.41, 5.74) is 6.05. The number of carbonyl (C=O) groups excluding carboxylic acids is 1. The van der Waals surface area contributed by atoms with Crippen LogP contribution in [0.25, 0.3) is 0 Å². The molecule has 2 unspecified atom stereocenters. The fourth-order valence-electron chi connectivity index (χ4n) is 1.94. The minimum atomic E-state index is -0.419. The molecule has 0 radical (unpaired) electrons.